The zero-order chi connectivity index (χ0) is 14.5. The second kappa shape index (κ2) is 7.16. The van der Waals surface area contributed by atoms with Gasteiger partial charge in [0.25, 0.3) is 0 Å². The maximum absolute atomic E-state index is 4.82. The molecule has 1 N–H and O–H groups in total. The fourth-order valence-electron chi connectivity index (χ4n) is 3.24. The largest absolute Gasteiger partial charge is 0.317 e. The van der Waals surface area contributed by atoms with Crippen LogP contribution in [0.4, 0.5) is 0 Å². The fraction of sp³-hybridized carbons (Fsp3) is 0.765. The van der Waals surface area contributed by atoms with E-state index in [4.69, 9.17) is 9.97 Å². The molecule has 0 amide bonds. The topological polar surface area (TPSA) is 37.8 Å². The smallest absolute Gasteiger partial charge is 0.131 e. The predicted molar refractivity (Wildman–Crippen MR) is 84.1 cm³/mol. The van der Waals surface area contributed by atoms with E-state index in [0.717, 1.165) is 25.3 Å². The van der Waals surface area contributed by atoms with E-state index in [1.165, 1.54) is 42.6 Å². The van der Waals surface area contributed by atoms with E-state index in [1.54, 1.807) is 0 Å². The molecule has 0 radical (unpaired) electrons. The van der Waals surface area contributed by atoms with Gasteiger partial charge in [-0.1, -0.05) is 26.7 Å². The summed E-state index contributed by atoms with van der Waals surface area (Å²) in [6.45, 7) is 10.9. The van der Waals surface area contributed by atoms with Crippen LogP contribution in [-0.4, -0.2) is 23.1 Å². The van der Waals surface area contributed by atoms with Gasteiger partial charge >= 0.3 is 0 Å². The highest BCUT2D eigenvalue weighted by Crippen LogP contribution is 2.32. The lowest BCUT2D eigenvalue weighted by Crippen LogP contribution is -2.23. The average Bonchev–Trinajstić information content (AvgIpc) is 2.94. The van der Waals surface area contributed by atoms with E-state index in [2.05, 4.69) is 33.0 Å². The molecule has 2 rings (SSSR count). The highest BCUT2D eigenvalue weighted by Gasteiger charge is 2.21. The highest BCUT2D eigenvalue weighted by atomic mass is 14.9. The van der Waals surface area contributed by atoms with Crippen LogP contribution in [0.15, 0.2) is 0 Å². The van der Waals surface area contributed by atoms with Crippen LogP contribution in [0.2, 0.25) is 0 Å². The molecule has 0 spiro atoms. The Hall–Kier alpha value is -0.960. The summed E-state index contributed by atoms with van der Waals surface area (Å²) < 4.78 is 0. The van der Waals surface area contributed by atoms with Crippen LogP contribution in [0, 0.1) is 19.8 Å². The first kappa shape index (κ1) is 15.4. The number of hydrogen-bond donors (Lipinski definition) is 1. The van der Waals surface area contributed by atoms with Gasteiger partial charge in [0.2, 0.25) is 0 Å². The molecule has 112 valence electrons. The van der Waals surface area contributed by atoms with Crippen molar-refractivity contribution in [3.63, 3.8) is 0 Å². The van der Waals surface area contributed by atoms with Crippen molar-refractivity contribution in [1.82, 2.24) is 15.3 Å². The van der Waals surface area contributed by atoms with Crippen molar-refractivity contribution in [2.45, 2.75) is 65.7 Å². The SMILES string of the molecule is CCNCC(C)Cc1c(C)nc(C2CCCC2)nc1C. The highest BCUT2D eigenvalue weighted by molar-refractivity contribution is 5.26. The Bertz CT molecular complexity index is 413. The van der Waals surface area contributed by atoms with Crippen LogP contribution in [0.5, 0.6) is 0 Å². The first-order valence-electron chi connectivity index (χ1n) is 8.16. The molecule has 1 aromatic rings. The van der Waals surface area contributed by atoms with Crippen molar-refractivity contribution in [2.75, 3.05) is 13.1 Å². The lowest BCUT2D eigenvalue weighted by molar-refractivity contribution is 0.516. The number of nitrogens with zero attached hydrogens (tertiary/aromatic N) is 2. The summed E-state index contributed by atoms with van der Waals surface area (Å²) >= 11 is 0. The summed E-state index contributed by atoms with van der Waals surface area (Å²) in [6, 6.07) is 0. The molecule has 1 fully saturated rings. The van der Waals surface area contributed by atoms with Gasteiger partial charge in [-0.05, 0) is 57.7 Å². The third kappa shape index (κ3) is 3.78. The molecular formula is C17H29N3. The van der Waals surface area contributed by atoms with Gasteiger partial charge in [0.1, 0.15) is 5.82 Å². The molecule has 0 aliphatic heterocycles. The molecule has 0 bridgehead atoms. The van der Waals surface area contributed by atoms with E-state index in [9.17, 15) is 0 Å². The first-order valence-corrected chi connectivity index (χ1v) is 8.16. The molecule has 1 aliphatic carbocycles. The van der Waals surface area contributed by atoms with E-state index >= 15 is 0 Å². The molecule has 1 atom stereocenters. The van der Waals surface area contributed by atoms with Crippen LogP contribution in [0.25, 0.3) is 0 Å². The van der Waals surface area contributed by atoms with Crippen LogP contribution < -0.4 is 5.32 Å². The first-order chi connectivity index (χ1) is 9.61. The summed E-state index contributed by atoms with van der Waals surface area (Å²) in [5.74, 6) is 2.34. The molecule has 20 heavy (non-hydrogen) atoms. The lowest BCUT2D eigenvalue weighted by Gasteiger charge is -2.17. The Balaban J connectivity index is 2.09. The van der Waals surface area contributed by atoms with E-state index in [0.29, 0.717) is 11.8 Å². The number of nitrogens with one attached hydrogen (secondary N) is 1. The Labute approximate surface area is 123 Å². The van der Waals surface area contributed by atoms with Crippen molar-refractivity contribution < 1.29 is 0 Å². The molecule has 1 heterocycles. The quantitative estimate of drug-likeness (QED) is 0.863. The monoisotopic (exact) mass is 275 g/mol. The van der Waals surface area contributed by atoms with Crippen LogP contribution in [0.3, 0.4) is 0 Å². The van der Waals surface area contributed by atoms with Crippen molar-refractivity contribution in [3.8, 4) is 0 Å². The third-order valence-corrected chi connectivity index (χ3v) is 4.45. The van der Waals surface area contributed by atoms with Gasteiger partial charge in [0.05, 0.1) is 0 Å². The molecule has 1 aliphatic rings. The van der Waals surface area contributed by atoms with Gasteiger partial charge in [-0.2, -0.15) is 0 Å². The van der Waals surface area contributed by atoms with Crippen molar-refractivity contribution in [2.24, 2.45) is 5.92 Å². The summed E-state index contributed by atoms with van der Waals surface area (Å²) in [5.41, 5.74) is 3.75. The second-order valence-corrected chi connectivity index (χ2v) is 6.33. The fourth-order valence-corrected chi connectivity index (χ4v) is 3.24. The summed E-state index contributed by atoms with van der Waals surface area (Å²) in [7, 11) is 0. The van der Waals surface area contributed by atoms with Crippen LogP contribution in [-0.2, 0) is 6.42 Å². The van der Waals surface area contributed by atoms with Gasteiger partial charge in [-0.3, -0.25) is 0 Å². The Morgan fingerprint density at radius 3 is 2.30 bits per heavy atom. The molecule has 0 aromatic carbocycles. The molecule has 3 heteroatoms. The lowest BCUT2D eigenvalue weighted by atomic mass is 9.98. The normalized spacial score (nSPS) is 17.6. The van der Waals surface area contributed by atoms with Gasteiger partial charge in [-0.25, -0.2) is 9.97 Å². The van der Waals surface area contributed by atoms with Gasteiger partial charge in [-0.15, -0.1) is 0 Å². The molecule has 1 unspecified atom stereocenters. The number of aromatic nitrogens is 2. The Morgan fingerprint density at radius 2 is 1.75 bits per heavy atom. The summed E-state index contributed by atoms with van der Waals surface area (Å²) in [5, 5.41) is 3.42. The van der Waals surface area contributed by atoms with Crippen LogP contribution >= 0.6 is 0 Å². The Morgan fingerprint density at radius 1 is 1.15 bits per heavy atom. The maximum atomic E-state index is 4.82. The number of hydrogen-bond acceptors (Lipinski definition) is 3. The second-order valence-electron chi connectivity index (χ2n) is 6.33. The average molecular weight is 275 g/mol. The van der Waals surface area contributed by atoms with Crippen molar-refractivity contribution in [3.05, 3.63) is 22.8 Å². The Kier molecular flexibility index (Phi) is 5.53. The zero-order valence-corrected chi connectivity index (χ0v) is 13.5. The van der Waals surface area contributed by atoms with Crippen molar-refractivity contribution in [1.29, 1.82) is 0 Å². The minimum absolute atomic E-state index is 0.612. The molecular weight excluding hydrogens is 246 g/mol. The number of aryl methyl sites for hydroxylation is 2. The zero-order valence-electron chi connectivity index (χ0n) is 13.5. The predicted octanol–water partition coefficient (Wildman–Crippen LogP) is 3.54. The van der Waals surface area contributed by atoms with Gasteiger partial charge < -0.3 is 5.32 Å². The number of rotatable bonds is 6. The summed E-state index contributed by atoms with van der Waals surface area (Å²) in [6.07, 6.45) is 6.31. The standard InChI is InChI=1S/C17H29N3/c1-5-18-11-12(2)10-16-13(3)19-17(20-14(16)4)15-8-6-7-9-15/h12,15,18H,5-11H2,1-4H3. The van der Waals surface area contributed by atoms with E-state index in [1.807, 2.05) is 0 Å². The molecule has 1 aromatic heterocycles. The molecule has 0 saturated heterocycles. The third-order valence-electron chi connectivity index (χ3n) is 4.45. The summed E-state index contributed by atoms with van der Waals surface area (Å²) in [4.78, 5) is 9.64. The van der Waals surface area contributed by atoms with Gasteiger partial charge in [0, 0.05) is 17.3 Å². The van der Waals surface area contributed by atoms with E-state index < -0.39 is 0 Å². The van der Waals surface area contributed by atoms with E-state index in [-0.39, 0.29) is 0 Å². The molecule has 1 saturated carbocycles. The van der Waals surface area contributed by atoms with Gasteiger partial charge in [0.15, 0.2) is 0 Å². The minimum atomic E-state index is 0.612. The maximum Gasteiger partial charge on any atom is 0.131 e. The molecule has 3 nitrogen and oxygen atoms in total. The van der Waals surface area contributed by atoms with Crippen LogP contribution in [0.1, 0.15) is 68.2 Å². The van der Waals surface area contributed by atoms with Crippen molar-refractivity contribution >= 4 is 0 Å². The minimum Gasteiger partial charge on any atom is -0.317 e.